The Morgan fingerprint density at radius 2 is 1.53 bits per heavy atom. The number of carbonyl (C=O) groups is 2. The second kappa shape index (κ2) is 10.6. The predicted octanol–water partition coefficient (Wildman–Crippen LogP) is 6.86. The summed E-state index contributed by atoms with van der Waals surface area (Å²) in [5.41, 5.74) is 2.71. The molecule has 0 radical (unpaired) electrons. The maximum atomic E-state index is 13.2. The van der Waals surface area contributed by atoms with Crippen LogP contribution in [0.25, 0.3) is 16.8 Å². The largest absolute Gasteiger partial charge is 0.487 e. The highest BCUT2D eigenvalue weighted by molar-refractivity contribution is 14.1. The molecule has 0 bridgehead atoms. The Bertz CT molecular complexity index is 1500. The number of nitrogens with one attached hydrogen (secondary N) is 1. The molecule has 4 aromatic rings. The summed E-state index contributed by atoms with van der Waals surface area (Å²) in [7, 11) is 0. The van der Waals surface area contributed by atoms with Crippen LogP contribution >= 0.6 is 45.2 Å². The fraction of sp³-hybridized carbons (Fsp3) is 0.0714. The van der Waals surface area contributed by atoms with Gasteiger partial charge < -0.3 is 10.1 Å². The number of nitrogens with zero attached hydrogens (tertiary/aromatic N) is 1. The second-order valence-electron chi connectivity index (χ2n) is 8.29. The van der Waals surface area contributed by atoms with E-state index in [0.29, 0.717) is 12.2 Å². The minimum absolute atomic E-state index is 0.0684. The van der Waals surface area contributed by atoms with Crippen molar-refractivity contribution in [3.05, 3.63) is 114 Å². The molecule has 8 heteroatoms. The van der Waals surface area contributed by atoms with Gasteiger partial charge in [0.2, 0.25) is 0 Å². The van der Waals surface area contributed by atoms with Gasteiger partial charge >= 0.3 is 6.03 Å². The van der Waals surface area contributed by atoms with Crippen molar-refractivity contribution in [2.24, 2.45) is 0 Å². The van der Waals surface area contributed by atoms with Crippen LogP contribution in [0.3, 0.4) is 0 Å². The molecule has 0 unspecified atom stereocenters. The van der Waals surface area contributed by atoms with Crippen molar-refractivity contribution in [3.63, 3.8) is 0 Å². The molecule has 1 fully saturated rings. The zero-order chi connectivity index (χ0) is 25.2. The molecule has 36 heavy (non-hydrogen) atoms. The number of hydrogen-bond acceptors (Lipinski definition) is 3. The Kier molecular flexibility index (Phi) is 7.24. The summed E-state index contributed by atoms with van der Waals surface area (Å²) >= 11 is 4.43. The lowest BCUT2D eigenvalue weighted by Crippen LogP contribution is -2.30. The molecule has 0 atom stereocenters. The van der Waals surface area contributed by atoms with Crippen molar-refractivity contribution in [1.29, 1.82) is 0 Å². The molecule has 1 aliphatic heterocycles. The monoisotopic (exact) mass is 704 g/mol. The van der Waals surface area contributed by atoms with E-state index < -0.39 is 11.9 Å². The first kappa shape index (κ1) is 24.7. The third kappa shape index (κ3) is 5.39. The van der Waals surface area contributed by atoms with Crippen molar-refractivity contribution >= 4 is 74.0 Å². The average Bonchev–Trinajstić information content (AvgIpc) is 3.12. The summed E-state index contributed by atoms with van der Waals surface area (Å²) in [6.45, 7) is 0.503. The van der Waals surface area contributed by atoms with Gasteiger partial charge in [-0.3, -0.25) is 9.69 Å². The lowest BCUT2D eigenvalue weighted by molar-refractivity contribution is -0.123. The molecule has 0 aliphatic carbocycles. The van der Waals surface area contributed by atoms with E-state index >= 15 is 0 Å². The van der Waals surface area contributed by atoms with E-state index in [1.165, 1.54) is 22.9 Å². The van der Waals surface area contributed by atoms with Gasteiger partial charge in [-0.15, -0.1) is 0 Å². The molecular formula is C28H19FI2N2O3. The topological polar surface area (TPSA) is 58.6 Å². The van der Waals surface area contributed by atoms with Gasteiger partial charge in [0.1, 0.15) is 23.9 Å². The number of urea groups is 1. The number of amides is 3. The van der Waals surface area contributed by atoms with Crippen molar-refractivity contribution in [1.82, 2.24) is 10.2 Å². The van der Waals surface area contributed by atoms with Crippen molar-refractivity contribution in [2.45, 2.75) is 13.2 Å². The number of halogens is 3. The van der Waals surface area contributed by atoms with E-state index in [9.17, 15) is 14.0 Å². The molecule has 0 aromatic heterocycles. The van der Waals surface area contributed by atoms with E-state index in [4.69, 9.17) is 4.74 Å². The molecule has 5 nitrogen and oxygen atoms in total. The third-order valence-electron chi connectivity index (χ3n) is 5.74. The molecule has 4 aromatic carbocycles. The van der Waals surface area contributed by atoms with E-state index in [2.05, 4.69) is 80.8 Å². The summed E-state index contributed by atoms with van der Waals surface area (Å²) in [4.78, 5) is 26.4. The van der Waals surface area contributed by atoms with Gasteiger partial charge in [0.25, 0.3) is 5.91 Å². The highest BCUT2D eigenvalue weighted by Crippen LogP contribution is 2.31. The standard InChI is InChI=1S/C28H19FI2N2O3/c29-22-9-6-17(7-10-22)15-33-27(34)25(32-28(33)35)14-19-12-23(30)26(24(31)13-19)36-16-18-5-8-20-3-1-2-4-21(20)11-18/h1-14H,15-16H2,(H,32,35)/b25-14+. The van der Waals surface area contributed by atoms with Crippen molar-refractivity contribution < 1.29 is 18.7 Å². The highest BCUT2D eigenvalue weighted by Gasteiger charge is 2.33. The highest BCUT2D eigenvalue weighted by atomic mass is 127. The fourth-order valence-electron chi connectivity index (χ4n) is 3.94. The van der Waals surface area contributed by atoms with Crippen LogP contribution in [0.15, 0.2) is 84.6 Å². The molecular weight excluding hydrogens is 685 g/mol. The van der Waals surface area contributed by atoms with Crippen molar-refractivity contribution in [3.8, 4) is 5.75 Å². The first-order chi connectivity index (χ1) is 17.4. The zero-order valence-electron chi connectivity index (χ0n) is 18.8. The Morgan fingerprint density at radius 1 is 0.861 bits per heavy atom. The minimum atomic E-state index is -0.504. The SMILES string of the molecule is O=C1N/C(=C/c2cc(I)c(OCc3ccc4ccccc4c3)c(I)c2)C(=O)N1Cc1ccc(F)cc1. The van der Waals surface area contributed by atoms with Crippen LogP contribution < -0.4 is 10.1 Å². The number of rotatable bonds is 6. The summed E-state index contributed by atoms with van der Waals surface area (Å²) in [5, 5.41) is 4.99. The van der Waals surface area contributed by atoms with Crippen LogP contribution in [0.2, 0.25) is 0 Å². The van der Waals surface area contributed by atoms with Gasteiger partial charge in [0.15, 0.2) is 0 Å². The maximum absolute atomic E-state index is 13.2. The Hall–Kier alpha value is -2.99. The average molecular weight is 704 g/mol. The first-order valence-electron chi connectivity index (χ1n) is 11.1. The number of hydrogen-bond donors (Lipinski definition) is 1. The molecule has 1 aliphatic rings. The second-order valence-corrected chi connectivity index (χ2v) is 10.6. The summed E-state index contributed by atoms with van der Waals surface area (Å²) < 4.78 is 21.1. The van der Waals surface area contributed by atoms with Gasteiger partial charge in [0.05, 0.1) is 13.7 Å². The molecule has 180 valence electrons. The Balaban J connectivity index is 1.31. The van der Waals surface area contributed by atoms with E-state index in [0.717, 1.165) is 28.9 Å². The fourth-order valence-corrected chi connectivity index (χ4v) is 6.07. The summed E-state index contributed by atoms with van der Waals surface area (Å²) in [5.74, 6) is -0.0253. The maximum Gasteiger partial charge on any atom is 0.329 e. The predicted molar refractivity (Wildman–Crippen MR) is 154 cm³/mol. The number of benzene rings is 4. The lowest BCUT2D eigenvalue weighted by Gasteiger charge is -2.12. The molecule has 1 N–H and O–H groups in total. The zero-order valence-corrected chi connectivity index (χ0v) is 23.1. The van der Waals surface area contributed by atoms with Crippen LogP contribution in [0, 0.1) is 13.0 Å². The summed E-state index contributed by atoms with van der Waals surface area (Å²) in [6.07, 6.45) is 1.66. The molecule has 0 saturated carbocycles. The molecule has 1 heterocycles. The molecule has 3 amide bonds. The summed E-state index contributed by atoms with van der Waals surface area (Å²) in [6, 6.07) is 23.5. The van der Waals surface area contributed by atoms with E-state index in [1.54, 1.807) is 18.2 Å². The van der Waals surface area contributed by atoms with Gasteiger partial charge in [0, 0.05) is 0 Å². The van der Waals surface area contributed by atoms with E-state index in [1.807, 2.05) is 24.3 Å². The van der Waals surface area contributed by atoms with E-state index in [-0.39, 0.29) is 18.1 Å². The van der Waals surface area contributed by atoms with Gasteiger partial charge in [-0.2, -0.15) is 0 Å². The van der Waals surface area contributed by atoms with Crippen LogP contribution in [0.1, 0.15) is 16.7 Å². The molecule has 1 saturated heterocycles. The van der Waals surface area contributed by atoms with Gasteiger partial charge in [-0.05, 0) is 109 Å². The first-order valence-corrected chi connectivity index (χ1v) is 13.2. The Morgan fingerprint density at radius 3 is 2.25 bits per heavy atom. The minimum Gasteiger partial charge on any atom is -0.487 e. The quantitative estimate of drug-likeness (QED) is 0.136. The third-order valence-corrected chi connectivity index (χ3v) is 7.35. The normalized spacial score (nSPS) is 14.5. The number of fused-ring (bicyclic) bond motifs is 1. The van der Waals surface area contributed by atoms with Crippen LogP contribution in [0.5, 0.6) is 5.75 Å². The van der Waals surface area contributed by atoms with Gasteiger partial charge in [-0.1, -0.05) is 48.5 Å². The number of carbonyl (C=O) groups excluding carboxylic acids is 2. The smallest absolute Gasteiger partial charge is 0.329 e. The van der Waals surface area contributed by atoms with Crippen molar-refractivity contribution in [2.75, 3.05) is 0 Å². The number of ether oxygens (including phenoxy) is 1. The van der Waals surface area contributed by atoms with Gasteiger partial charge in [-0.25, -0.2) is 9.18 Å². The Labute approximate surface area is 234 Å². The van der Waals surface area contributed by atoms with Crippen LogP contribution in [0.4, 0.5) is 9.18 Å². The van der Waals surface area contributed by atoms with Crippen LogP contribution in [-0.2, 0) is 17.9 Å². The number of imide groups is 1. The molecule has 0 spiro atoms. The van der Waals surface area contributed by atoms with Crippen LogP contribution in [-0.4, -0.2) is 16.8 Å². The molecule has 5 rings (SSSR count). The lowest BCUT2D eigenvalue weighted by atomic mass is 10.1.